The Hall–Kier alpha value is -1.88. The monoisotopic (exact) mass is 287 g/mol. The summed E-state index contributed by atoms with van der Waals surface area (Å²) in [5.74, 6) is 0.783. The quantitative estimate of drug-likeness (QED) is 0.785. The van der Waals surface area contributed by atoms with Crippen LogP contribution >= 0.6 is 11.3 Å². The Morgan fingerprint density at radius 3 is 2.80 bits per heavy atom. The Bertz CT molecular complexity index is 745. The van der Waals surface area contributed by atoms with Gasteiger partial charge in [0.2, 0.25) is 0 Å². The second-order valence-electron chi connectivity index (χ2n) is 4.74. The van der Waals surface area contributed by atoms with Crippen molar-refractivity contribution in [2.24, 2.45) is 0 Å². The van der Waals surface area contributed by atoms with Gasteiger partial charge in [0.25, 0.3) is 0 Å². The lowest BCUT2D eigenvalue weighted by atomic mass is 10.3. The Balaban J connectivity index is 1.78. The zero-order chi connectivity index (χ0) is 14.1. The van der Waals surface area contributed by atoms with Crippen molar-refractivity contribution in [1.29, 1.82) is 0 Å². The molecule has 104 valence electrons. The van der Waals surface area contributed by atoms with Crippen LogP contribution in [0.25, 0.3) is 11.1 Å². The Kier molecular flexibility index (Phi) is 3.44. The fraction of sp³-hybridized carbons (Fsp3) is 0.333. The average molecular weight is 287 g/mol. The molecule has 0 saturated carbocycles. The molecule has 0 atom stereocenters. The molecule has 4 nitrogen and oxygen atoms in total. The van der Waals surface area contributed by atoms with Crippen LogP contribution in [-0.4, -0.2) is 9.97 Å². The van der Waals surface area contributed by atoms with Crippen molar-refractivity contribution >= 4 is 28.1 Å². The van der Waals surface area contributed by atoms with E-state index >= 15 is 0 Å². The number of fused-ring (bicyclic) bond motifs is 1. The number of aryl methyl sites for hydroxylation is 3. The van der Waals surface area contributed by atoms with E-state index in [4.69, 9.17) is 4.42 Å². The van der Waals surface area contributed by atoms with E-state index in [0.29, 0.717) is 0 Å². The average Bonchev–Trinajstić information content (AvgIpc) is 2.98. The van der Waals surface area contributed by atoms with Crippen molar-refractivity contribution < 1.29 is 4.42 Å². The van der Waals surface area contributed by atoms with Crippen LogP contribution in [0.5, 0.6) is 0 Å². The molecule has 0 radical (unpaired) electrons. The van der Waals surface area contributed by atoms with Crippen LogP contribution in [0.1, 0.15) is 28.4 Å². The third-order valence-corrected chi connectivity index (χ3v) is 4.26. The molecule has 20 heavy (non-hydrogen) atoms. The Labute approximate surface area is 121 Å². The van der Waals surface area contributed by atoms with E-state index in [1.807, 2.05) is 32.0 Å². The first-order chi connectivity index (χ1) is 9.65. The molecule has 2 aromatic heterocycles. The van der Waals surface area contributed by atoms with Crippen LogP contribution in [0, 0.1) is 13.8 Å². The van der Waals surface area contributed by atoms with E-state index < -0.39 is 0 Å². The summed E-state index contributed by atoms with van der Waals surface area (Å²) in [5, 5.41) is 4.53. The van der Waals surface area contributed by atoms with Crippen molar-refractivity contribution in [1.82, 2.24) is 9.97 Å². The van der Waals surface area contributed by atoms with Gasteiger partial charge in [-0.2, -0.15) is 0 Å². The second-order valence-corrected chi connectivity index (χ2v) is 6.03. The van der Waals surface area contributed by atoms with Crippen LogP contribution in [-0.2, 0) is 13.0 Å². The molecule has 0 fully saturated rings. The predicted molar refractivity (Wildman–Crippen MR) is 82.3 cm³/mol. The molecule has 0 spiro atoms. The summed E-state index contributed by atoms with van der Waals surface area (Å²) in [7, 11) is 0. The number of oxazole rings is 1. The van der Waals surface area contributed by atoms with Gasteiger partial charge in [-0.15, -0.1) is 11.3 Å². The standard InChI is InChI=1S/C15H17N3OS/c1-4-15-18-12-7-11(5-6-13(12)19-15)16-8-14-9(2)17-10(3)20-14/h5-7,16H,4,8H2,1-3H3. The van der Waals surface area contributed by atoms with E-state index in [1.165, 1.54) is 4.88 Å². The number of hydrogen-bond acceptors (Lipinski definition) is 5. The van der Waals surface area contributed by atoms with Crippen LogP contribution in [0.15, 0.2) is 22.6 Å². The van der Waals surface area contributed by atoms with Gasteiger partial charge in [0, 0.05) is 17.0 Å². The van der Waals surface area contributed by atoms with E-state index in [2.05, 4.69) is 22.2 Å². The van der Waals surface area contributed by atoms with Gasteiger partial charge >= 0.3 is 0 Å². The highest BCUT2D eigenvalue weighted by Crippen LogP contribution is 2.22. The van der Waals surface area contributed by atoms with Crippen molar-refractivity contribution in [3.05, 3.63) is 39.7 Å². The summed E-state index contributed by atoms with van der Waals surface area (Å²) in [6.07, 6.45) is 0.816. The minimum Gasteiger partial charge on any atom is -0.441 e. The fourth-order valence-corrected chi connectivity index (χ4v) is 3.03. The highest BCUT2D eigenvalue weighted by molar-refractivity contribution is 7.11. The second kappa shape index (κ2) is 5.25. The fourth-order valence-electron chi connectivity index (χ4n) is 2.16. The molecule has 0 aliphatic carbocycles. The molecule has 0 saturated heterocycles. The van der Waals surface area contributed by atoms with Gasteiger partial charge < -0.3 is 9.73 Å². The molecule has 1 N–H and O–H groups in total. The summed E-state index contributed by atoms with van der Waals surface area (Å²) in [6, 6.07) is 6.02. The summed E-state index contributed by atoms with van der Waals surface area (Å²) in [5.41, 5.74) is 3.91. The van der Waals surface area contributed by atoms with E-state index in [0.717, 1.165) is 46.3 Å². The molecule has 0 bridgehead atoms. The first kappa shape index (κ1) is 13.1. The van der Waals surface area contributed by atoms with Gasteiger partial charge in [0.1, 0.15) is 5.52 Å². The van der Waals surface area contributed by atoms with Gasteiger partial charge in [-0.3, -0.25) is 0 Å². The number of benzene rings is 1. The number of aromatic nitrogens is 2. The zero-order valence-corrected chi connectivity index (χ0v) is 12.7. The van der Waals surface area contributed by atoms with Gasteiger partial charge in [0.15, 0.2) is 11.5 Å². The number of nitrogens with zero attached hydrogens (tertiary/aromatic N) is 2. The molecular formula is C15H17N3OS. The topological polar surface area (TPSA) is 51.0 Å². The third-order valence-electron chi connectivity index (χ3n) is 3.19. The highest BCUT2D eigenvalue weighted by Gasteiger charge is 2.07. The number of anilines is 1. The van der Waals surface area contributed by atoms with Gasteiger partial charge in [-0.1, -0.05) is 6.92 Å². The maximum atomic E-state index is 5.61. The smallest absolute Gasteiger partial charge is 0.195 e. The van der Waals surface area contributed by atoms with Crippen molar-refractivity contribution in [2.75, 3.05) is 5.32 Å². The lowest BCUT2D eigenvalue weighted by Gasteiger charge is -2.04. The predicted octanol–water partition coefficient (Wildman–Crippen LogP) is 4.08. The Morgan fingerprint density at radius 1 is 1.25 bits per heavy atom. The Morgan fingerprint density at radius 2 is 2.10 bits per heavy atom. The van der Waals surface area contributed by atoms with E-state index in [9.17, 15) is 0 Å². The molecule has 5 heteroatoms. The zero-order valence-electron chi connectivity index (χ0n) is 11.9. The van der Waals surface area contributed by atoms with E-state index in [1.54, 1.807) is 11.3 Å². The van der Waals surface area contributed by atoms with Crippen molar-refractivity contribution in [3.63, 3.8) is 0 Å². The molecule has 0 unspecified atom stereocenters. The summed E-state index contributed by atoms with van der Waals surface area (Å²) in [4.78, 5) is 10.2. The largest absolute Gasteiger partial charge is 0.441 e. The normalized spacial score (nSPS) is 11.2. The maximum absolute atomic E-state index is 5.61. The molecule has 0 amide bonds. The van der Waals surface area contributed by atoms with Crippen molar-refractivity contribution in [2.45, 2.75) is 33.7 Å². The molecular weight excluding hydrogens is 270 g/mol. The number of rotatable bonds is 4. The first-order valence-corrected chi connectivity index (χ1v) is 7.53. The van der Waals surface area contributed by atoms with Crippen LogP contribution in [0.3, 0.4) is 0 Å². The minimum absolute atomic E-state index is 0.783. The number of nitrogens with one attached hydrogen (secondary N) is 1. The van der Waals surface area contributed by atoms with Crippen LogP contribution in [0.4, 0.5) is 5.69 Å². The lowest BCUT2D eigenvalue weighted by Crippen LogP contribution is -1.98. The van der Waals surface area contributed by atoms with Gasteiger partial charge in [0.05, 0.1) is 17.2 Å². The number of thiazole rings is 1. The SMILES string of the molecule is CCc1nc2cc(NCc3sc(C)nc3C)ccc2o1. The third kappa shape index (κ3) is 2.54. The van der Waals surface area contributed by atoms with E-state index in [-0.39, 0.29) is 0 Å². The maximum Gasteiger partial charge on any atom is 0.195 e. The molecule has 0 aliphatic rings. The van der Waals surface area contributed by atoms with Gasteiger partial charge in [-0.05, 0) is 32.0 Å². The minimum atomic E-state index is 0.783. The van der Waals surface area contributed by atoms with Crippen LogP contribution < -0.4 is 5.32 Å². The molecule has 3 rings (SSSR count). The van der Waals surface area contributed by atoms with Crippen LogP contribution in [0.2, 0.25) is 0 Å². The summed E-state index contributed by atoms with van der Waals surface area (Å²) < 4.78 is 5.61. The van der Waals surface area contributed by atoms with Crippen molar-refractivity contribution in [3.8, 4) is 0 Å². The molecule has 1 aromatic carbocycles. The molecule has 0 aliphatic heterocycles. The van der Waals surface area contributed by atoms with Gasteiger partial charge in [-0.25, -0.2) is 9.97 Å². The number of hydrogen-bond donors (Lipinski definition) is 1. The highest BCUT2D eigenvalue weighted by atomic mass is 32.1. The molecule has 2 heterocycles. The summed E-state index contributed by atoms with van der Waals surface area (Å²) >= 11 is 1.74. The first-order valence-electron chi connectivity index (χ1n) is 6.72. The lowest BCUT2D eigenvalue weighted by molar-refractivity contribution is 0.538. The molecule has 3 aromatic rings. The summed E-state index contributed by atoms with van der Waals surface area (Å²) in [6.45, 7) is 6.92.